The Labute approximate surface area is 152 Å². The topological polar surface area (TPSA) is 15.8 Å². The minimum Gasteiger partial charge on any atom is -0.354 e. The third kappa shape index (κ3) is 2.41. The van der Waals surface area contributed by atoms with Gasteiger partial charge in [-0.3, -0.25) is 0 Å². The Balaban J connectivity index is 1.87. The molecular formula is C25H19N. The first kappa shape index (κ1) is 15.0. The molecule has 0 amide bonds. The summed E-state index contributed by atoms with van der Waals surface area (Å²) >= 11 is 0. The highest BCUT2D eigenvalue weighted by Crippen LogP contribution is 2.38. The van der Waals surface area contributed by atoms with Crippen LogP contribution in [0.25, 0.3) is 44.1 Å². The predicted octanol–water partition coefficient (Wildman–Crippen LogP) is 6.96. The molecule has 26 heavy (non-hydrogen) atoms. The van der Waals surface area contributed by atoms with E-state index >= 15 is 0 Å². The van der Waals surface area contributed by atoms with Crippen molar-refractivity contribution in [1.82, 2.24) is 4.98 Å². The highest BCUT2D eigenvalue weighted by molar-refractivity contribution is 6.15. The van der Waals surface area contributed by atoms with Gasteiger partial charge in [0.15, 0.2) is 0 Å². The van der Waals surface area contributed by atoms with Crippen molar-refractivity contribution in [2.24, 2.45) is 0 Å². The molecule has 4 aromatic carbocycles. The molecular weight excluding hydrogens is 314 g/mol. The second-order valence-corrected chi connectivity index (χ2v) is 6.85. The molecule has 0 saturated carbocycles. The molecule has 0 aliphatic carbocycles. The van der Waals surface area contributed by atoms with E-state index in [0.29, 0.717) is 0 Å². The summed E-state index contributed by atoms with van der Waals surface area (Å²) in [4.78, 5) is 3.61. The monoisotopic (exact) mass is 333 g/mol. The number of nitrogens with one attached hydrogen (secondary N) is 1. The van der Waals surface area contributed by atoms with E-state index in [2.05, 4.69) is 103 Å². The fourth-order valence-electron chi connectivity index (χ4n) is 3.74. The van der Waals surface area contributed by atoms with E-state index in [9.17, 15) is 0 Å². The first-order valence-corrected chi connectivity index (χ1v) is 8.96. The van der Waals surface area contributed by atoms with Crippen LogP contribution in [0.5, 0.6) is 0 Å². The average Bonchev–Trinajstić information content (AvgIpc) is 3.07. The lowest BCUT2D eigenvalue weighted by molar-refractivity contribution is 1.47. The molecule has 5 rings (SSSR count). The summed E-state index contributed by atoms with van der Waals surface area (Å²) in [5.41, 5.74) is 8.65. The van der Waals surface area contributed by atoms with Crippen LogP contribution in [0.1, 0.15) is 5.56 Å². The van der Waals surface area contributed by atoms with E-state index in [1.807, 2.05) is 0 Å². The van der Waals surface area contributed by atoms with Crippen LogP contribution in [-0.4, -0.2) is 4.98 Å². The van der Waals surface area contributed by atoms with Crippen molar-refractivity contribution < 1.29 is 0 Å². The maximum absolute atomic E-state index is 3.61. The fourth-order valence-corrected chi connectivity index (χ4v) is 3.74. The molecule has 124 valence electrons. The van der Waals surface area contributed by atoms with Crippen molar-refractivity contribution in [3.8, 4) is 22.3 Å². The highest BCUT2D eigenvalue weighted by Gasteiger charge is 2.13. The van der Waals surface area contributed by atoms with Gasteiger partial charge in [0, 0.05) is 21.8 Å². The highest BCUT2D eigenvalue weighted by atomic mass is 14.7. The molecule has 0 atom stereocenters. The van der Waals surface area contributed by atoms with Crippen molar-refractivity contribution in [2.45, 2.75) is 6.92 Å². The van der Waals surface area contributed by atoms with Gasteiger partial charge in [-0.1, -0.05) is 78.4 Å². The van der Waals surface area contributed by atoms with Crippen LogP contribution in [0.2, 0.25) is 0 Å². The van der Waals surface area contributed by atoms with Crippen LogP contribution < -0.4 is 0 Å². The predicted molar refractivity (Wildman–Crippen MR) is 111 cm³/mol. The van der Waals surface area contributed by atoms with Gasteiger partial charge < -0.3 is 4.98 Å². The normalized spacial score (nSPS) is 11.3. The molecule has 1 heterocycles. The Morgan fingerprint density at radius 2 is 1.31 bits per heavy atom. The van der Waals surface area contributed by atoms with Crippen molar-refractivity contribution in [3.63, 3.8) is 0 Å². The molecule has 1 aromatic heterocycles. The SMILES string of the molecule is Cc1ccc(-c2cc(-c3ccccc3)c3c(c2)[nH]c2ccccc23)cc1. The molecule has 1 N–H and O–H groups in total. The molecule has 0 unspecified atom stereocenters. The summed E-state index contributed by atoms with van der Waals surface area (Å²) in [6, 6.07) is 32.5. The summed E-state index contributed by atoms with van der Waals surface area (Å²) in [6.07, 6.45) is 0. The lowest BCUT2D eigenvalue weighted by atomic mass is 9.94. The summed E-state index contributed by atoms with van der Waals surface area (Å²) < 4.78 is 0. The molecule has 0 bridgehead atoms. The molecule has 5 aromatic rings. The quantitative estimate of drug-likeness (QED) is 0.359. The van der Waals surface area contributed by atoms with Crippen molar-refractivity contribution in [3.05, 3.63) is 96.6 Å². The number of hydrogen-bond donors (Lipinski definition) is 1. The van der Waals surface area contributed by atoms with Gasteiger partial charge in [-0.25, -0.2) is 0 Å². The molecule has 0 aliphatic heterocycles. The minimum atomic E-state index is 1.18. The molecule has 0 spiro atoms. The summed E-state index contributed by atoms with van der Waals surface area (Å²) in [7, 11) is 0. The summed E-state index contributed by atoms with van der Waals surface area (Å²) in [5, 5.41) is 2.57. The molecule has 0 fully saturated rings. The van der Waals surface area contributed by atoms with Gasteiger partial charge in [0.05, 0.1) is 0 Å². The Morgan fingerprint density at radius 3 is 2.12 bits per heavy atom. The van der Waals surface area contributed by atoms with Crippen LogP contribution in [0.15, 0.2) is 91.0 Å². The average molecular weight is 333 g/mol. The minimum absolute atomic E-state index is 1.18. The Bertz CT molecular complexity index is 1210. The molecule has 1 heteroatoms. The smallest absolute Gasteiger partial charge is 0.0477 e. The van der Waals surface area contributed by atoms with Crippen LogP contribution in [0.4, 0.5) is 0 Å². The van der Waals surface area contributed by atoms with Gasteiger partial charge in [0.25, 0.3) is 0 Å². The van der Waals surface area contributed by atoms with Crippen molar-refractivity contribution >= 4 is 21.8 Å². The van der Waals surface area contributed by atoms with E-state index in [1.54, 1.807) is 0 Å². The first-order valence-electron chi connectivity index (χ1n) is 8.96. The number of aromatic amines is 1. The van der Waals surface area contributed by atoms with Crippen LogP contribution in [0, 0.1) is 6.92 Å². The number of rotatable bonds is 2. The lowest BCUT2D eigenvalue weighted by Gasteiger charge is -2.09. The largest absolute Gasteiger partial charge is 0.354 e. The first-order chi connectivity index (χ1) is 12.8. The van der Waals surface area contributed by atoms with E-state index in [1.165, 1.54) is 49.6 Å². The third-order valence-corrected chi connectivity index (χ3v) is 5.07. The zero-order valence-electron chi connectivity index (χ0n) is 14.7. The standard InChI is InChI=1S/C25H19N/c1-17-11-13-18(14-12-17)20-15-22(19-7-3-2-4-8-19)25-21-9-5-6-10-23(21)26-24(25)16-20/h2-16,26H,1H3. The zero-order valence-corrected chi connectivity index (χ0v) is 14.7. The third-order valence-electron chi connectivity index (χ3n) is 5.07. The lowest BCUT2D eigenvalue weighted by Crippen LogP contribution is -1.84. The van der Waals surface area contributed by atoms with E-state index in [4.69, 9.17) is 0 Å². The second-order valence-electron chi connectivity index (χ2n) is 6.85. The van der Waals surface area contributed by atoms with Gasteiger partial charge in [-0.05, 0) is 47.4 Å². The Morgan fingerprint density at radius 1 is 0.577 bits per heavy atom. The van der Waals surface area contributed by atoms with E-state index < -0.39 is 0 Å². The number of fused-ring (bicyclic) bond motifs is 3. The summed E-state index contributed by atoms with van der Waals surface area (Å²) in [5.74, 6) is 0. The van der Waals surface area contributed by atoms with Gasteiger partial charge in [0.2, 0.25) is 0 Å². The number of H-pyrrole nitrogens is 1. The molecule has 0 radical (unpaired) electrons. The number of aryl methyl sites for hydroxylation is 1. The molecule has 0 saturated heterocycles. The number of aromatic nitrogens is 1. The number of benzene rings is 4. The van der Waals surface area contributed by atoms with Crippen molar-refractivity contribution in [2.75, 3.05) is 0 Å². The fraction of sp³-hybridized carbons (Fsp3) is 0.0400. The second kappa shape index (κ2) is 5.89. The van der Waals surface area contributed by atoms with Crippen LogP contribution in [0.3, 0.4) is 0 Å². The van der Waals surface area contributed by atoms with Crippen LogP contribution in [-0.2, 0) is 0 Å². The maximum Gasteiger partial charge on any atom is 0.0477 e. The van der Waals surface area contributed by atoms with Crippen molar-refractivity contribution in [1.29, 1.82) is 0 Å². The van der Waals surface area contributed by atoms with E-state index in [-0.39, 0.29) is 0 Å². The van der Waals surface area contributed by atoms with E-state index in [0.717, 1.165) is 0 Å². The zero-order chi connectivity index (χ0) is 17.5. The maximum atomic E-state index is 3.61. The molecule has 0 aliphatic rings. The van der Waals surface area contributed by atoms with Gasteiger partial charge in [0.1, 0.15) is 0 Å². The van der Waals surface area contributed by atoms with Gasteiger partial charge in [-0.2, -0.15) is 0 Å². The number of hydrogen-bond acceptors (Lipinski definition) is 0. The van der Waals surface area contributed by atoms with Gasteiger partial charge >= 0.3 is 0 Å². The molecule has 1 nitrogen and oxygen atoms in total. The van der Waals surface area contributed by atoms with Gasteiger partial charge in [-0.15, -0.1) is 0 Å². The Hall–Kier alpha value is -3.32. The summed E-state index contributed by atoms with van der Waals surface area (Å²) in [6.45, 7) is 2.13. The van der Waals surface area contributed by atoms with Crippen LogP contribution >= 0.6 is 0 Å². The number of para-hydroxylation sites is 1. The Kier molecular flexibility index (Phi) is 3.39.